The van der Waals surface area contributed by atoms with Crippen molar-refractivity contribution in [3.05, 3.63) is 56.5 Å². The minimum Gasteiger partial charge on any atom is -0.301 e. The molecule has 1 aromatic carbocycles. The molecule has 2 rings (SSSR count). The van der Waals surface area contributed by atoms with Crippen molar-refractivity contribution in [1.82, 2.24) is 9.97 Å². The van der Waals surface area contributed by atoms with E-state index in [4.69, 9.17) is 0 Å². The third-order valence-corrected chi connectivity index (χ3v) is 4.16. The van der Waals surface area contributed by atoms with Gasteiger partial charge in [0.05, 0.1) is 0 Å². The number of aromatic nitrogens is 2. The summed E-state index contributed by atoms with van der Waals surface area (Å²) in [5, 5.41) is 0.689. The van der Waals surface area contributed by atoms with Gasteiger partial charge in [-0.25, -0.2) is 4.98 Å². The van der Waals surface area contributed by atoms with Crippen molar-refractivity contribution in [1.29, 1.82) is 0 Å². The van der Waals surface area contributed by atoms with Crippen LogP contribution in [0.5, 0.6) is 0 Å². The van der Waals surface area contributed by atoms with Crippen LogP contribution in [0.25, 0.3) is 0 Å². The number of benzene rings is 1. The van der Waals surface area contributed by atoms with Crippen LogP contribution in [-0.2, 0) is 5.75 Å². The average molecular weight is 274 g/mol. The summed E-state index contributed by atoms with van der Waals surface area (Å²) in [7, 11) is 0. The standard InChI is InChI=1S/C15H18N2OS/c1-9-5-6-10(2)13(7-9)8-19-15-16-12(4)11(3)14(18)17-15/h5-7H,8H2,1-4H3,(H,16,17,18). The topological polar surface area (TPSA) is 45.8 Å². The number of rotatable bonds is 3. The van der Waals surface area contributed by atoms with Gasteiger partial charge in [-0.3, -0.25) is 4.79 Å². The van der Waals surface area contributed by atoms with Gasteiger partial charge in [-0.05, 0) is 38.8 Å². The molecule has 0 unspecified atom stereocenters. The zero-order chi connectivity index (χ0) is 14.0. The van der Waals surface area contributed by atoms with Gasteiger partial charge in [-0.2, -0.15) is 0 Å². The molecule has 19 heavy (non-hydrogen) atoms. The molecule has 0 aliphatic carbocycles. The first-order chi connectivity index (χ1) is 8.97. The van der Waals surface area contributed by atoms with Crippen molar-refractivity contribution >= 4 is 11.8 Å². The van der Waals surface area contributed by atoms with Crippen LogP contribution in [0.15, 0.2) is 28.2 Å². The quantitative estimate of drug-likeness (QED) is 0.690. The minimum absolute atomic E-state index is 0.0454. The fourth-order valence-corrected chi connectivity index (χ4v) is 2.76. The Bertz CT molecular complexity index is 662. The molecule has 0 aliphatic heterocycles. The number of hydrogen-bond acceptors (Lipinski definition) is 3. The van der Waals surface area contributed by atoms with E-state index >= 15 is 0 Å². The van der Waals surface area contributed by atoms with Gasteiger partial charge in [-0.15, -0.1) is 0 Å². The summed E-state index contributed by atoms with van der Waals surface area (Å²) in [4.78, 5) is 18.9. The summed E-state index contributed by atoms with van der Waals surface area (Å²) in [5.74, 6) is 0.818. The number of aryl methyl sites for hydroxylation is 3. The van der Waals surface area contributed by atoms with Crippen molar-refractivity contribution < 1.29 is 0 Å². The zero-order valence-corrected chi connectivity index (χ0v) is 12.5. The molecule has 0 amide bonds. The first kappa shape index (κ1) is 13.9. The van der Waals surface area contributed by atoms with Gasteiger partial charge in [0, 0.05) is 17.0 Å². The summed E-state index contributed by atoms with van der Waals surface area (Å²) in [6.07, 6.45) is 0. The van der Waals surface area contributed by atoms with E-state index in [0.29, 0.717) is 10.7 Å². The lowest BCUT2D eigenvalue weighted by molar-refractivity contribution is 0.883. The molecule has 100 valence electrons. The van der Waals surface area contributed by atoms with Crippen LogP contribution in [0.2, 0.25) is 0 Å². The zero-order valence-electron chi connectivity index (χ0n) is 11.7. The maximum absolute atomic E-state index is 11.7. The van der Waals surface area contributed by atoms with Crippen molar-refractivity contribution in [3.8, 4) is 0 Å². The molecule has 0 atom stereocenters. The smallest absolute Gasteiger partial charge is 0.254 e. The van der Waals surface area contributed by atoms with E-state index in [2.05, 4.69) is 42.0 Å². The van der Waals surface area contributed by atoms with Crippen LogP contribution >= 0.6 is 11.8 Å². The van der Waals surface area contributed by atoms with Gasteiger partial charge in [0.1, 0.15) is 0 Å². The molecule has 0 fully saturated rings. The lowest BCUT2D eigenvalue weighted by atomic mass is 10.1. The Morgan fingerprint density at radius 3 is 2.63 bits per heavy atom. The number of H-pyrrole nitrogens is 1. The summed E-state index contributed by atoms with van der Waals surface area (Å²) < 4.78 is 0. The van der Waals surface area contributed by atoms with Crippen LogP contribution in [0.4, 0.5) is 0 Å². The van der Waals surface area contributed by atoms with Gasteiger partial charge in [0.25, 0.3) is 5.56 Å². The fraction of sp³-hybridized carbons (Fsp3) is 0.333. The molecule has 1 N–H and O–H groups in total. The molecule has 0 spiro atoms. The molecule has 0 aliphatic rings. The lowest BCUT2D eigenvalue weighted by Crippen LogP contribution is -2.14. The van der Waals surface area contributed by atoms with Gasteiger partial charge >= 0.3 is 0 Å². The lowest BCUT2D eigenvalue weighted by Gasteiger charge is -2.07. The normalized spacial score (nSPS) is 10.7. The molecule has 0 bridgehead atoms. The Labute approximate surface area is 117 Å². The van der Waals surface area contributed by atoms with Crippen LogP contribution in [0.3, 0.4) is 0 Å². The summed E-state index contributed by atoms with van der Waals surface area (Å²) in [6.45, 7) is 7.85. The first-order valence-electron chi connectivity index (χ1n) is 6.24. The van der Waals surface area contributed by atoms with E-state index in [1.165, 1.54) is 16.7 Å². The van der Waals surface area contributed by atoms with Gasteiger partial charge in [-0.1, -0.05) is 35.5 Å². The molecular weight excluding hydrogens is 256 g/mol. The van der Waals surface area contributed by atoms with Gasteiger partial charge in [0.2, 0.25) is 0 Å². The van der Waals surface area contributed by atoms with Crippen LogP contribution in [0.1, 0.15) is 27.9 Å². The van der Waals surface area contributed by atoms with Crippen molar-refractivity contribution in [3.63, 3.8) is 0 Å². The second kappa shape index (κ2) is 5.61. The molecule has 0 saturated heterocycles. The van der Waals surface area contributed by atoms with E-state index in [9.17, 15) is 4.79 Å². The fourth-order valence-electron chi connectivity index (χ4n) is 1.79. The number of nitrogens with one attached hydrogen (secondary N) is 1. The third kappa shape index (κ3) is 3.26. The molecule has 1 heterocycles. The highest BCUT2D eigenvalue weighted by molar-refractivity contribution is 7.98. The number of hydrogen-bond donors (Lipinski definition) is 1. The Morgan fingerprint density at radius 2 is 1.95 bits per heavy atom. The molecule has 0 radical (unpaired) electrons. The average Bonchev–Trinajstić information content (AvgIpc) is 2.37. The van der Waals surface area contributed by atoms with Crippen molar-refractivity contribution in [2.75, 3.05) is 0 Å². The van der Waals surface area contributed by atoms with E-state index in [1.54, 1.807) is 18.7 Å². The van der Waals surface area contributed by atoms with Crippen LogP contribution in [0, 0.1) is 27.7 Å². The first-order valence-corrected chi connectivity index (χ1v) is 7.22. The van der Waals surface area contributed by atoms with E-state index < -0.39 is 0 Å². The van der Waals surface area contributed by atoms with Crippen molar-refractivity contribution in [2.45, 2.75) is 38.6 Å². The number of nitrogens with zero attached hydrogens (tertiary/aromatic N) is 1. The summed E-state index contributed by atoms with van der Waals surface area (Å²) in [5.41, 5.74) is 5.25. The third-order valence-electron chi connectivity index (χ3n) is 3.24. The number of thioether (sulfide) groups is 1. The SMILES string of the molecule is Cc1ccc(C)c(CSc2nc(C)c(C)c(=O)[nH]2)c1. The molecule has 0 saturated carbocycles. The monoisotopic (exact) mass is 274 g/mol. The van der Waals surface area contributed by atoms with E-state index in [-0.39, 0.29) is 5.56 Å². The van der Waals surface area contributed by atoms with E-state index in [1.807, 2.05) is 6.92 Å². The van der Waals surface area contributed by atoms with Crippen LogP contribution < -0.4 is 5.56 Å². The number of aromatic amines is 1. The maximum Gasteiger partial charge on any atom is 0.254 e. The molecule has 4 heteroatoms. The van der Waals surface area contributed by atoms with Gasteiger partial charge < -0.3 is 4.98 Å². The minimum atomic E-state index is -0.0454. The largest absolute Gasteiger partial charge is 0.301 e. The summed E-state index contributed by atoms with van der Waals surface area (Å²) in [6, 6.07) is 6.42. The Balaban J connectivity index is 2.19. The highest BCUT2D eigenvalue weighted by Gasteiger charge is 2.06. The molecule has 1 aromatic heterocycles. The second-order valence-corrected chi connectivity index (χ2v) is 5.76. The van der Waals surface area contributed by atoms with E-state index in [0.717, 1.165) is 11.4 Å². The Morgan fingerprint density at radius 1 is 1.21 bits per heavy atom. The molecular formula is C15H18N2OS. The highest BCUT2D eigenvalue weighted by atomic mass is 32.2. The maximum atomic E-state index is 11.7. The molecule has 2 aromatic rings. The predicted molar refractivity (Wildman–Crippen MR) is 79.8 cm³/mol. The highest BCUT2D eigenvalue weighted by Crippen LogP contribution is 2.22. The second-order valence-electron chi connectivity index (χ2n) is 4.80. The van der Waals surface area contributed by atoms with Crippen LogP contribution in [-0.4, -0.2) is 9.97 Å². The Kier molecular flexibility index (Phi) is 4.10. The van der Waals surface area contributed by atoms with Crippen molar-refractivity contribution in [2.24, 2.45) is 0 Å². The Hall–Kier alpha value is -1.55. The summed E-state index contributed by atoms with van der Waals surface area (Å²) >= 11 is 1.57. The predicted octanol–water partition coefficient (Wildman–Crippen LogP) is 3.30. The van der Waals surface area contributed by atoms with Gasteiger partial charge in [0.15, 0.2) is 5.16 Å². The molecule has 3 nitrogen and oxygen atoms in total.